The van der Waals surface area contributed by atoms with E-state index >= 15 is 0 Å². The topological polar surface area (TPSA) is 80.2 Å². The number of aromatic nitrogens is 2. The van der Waals surface area contributed by atoms with Gasteiger partial charge in [0.25, 0.3) is 0 Å². The van der Waals surface area contributed by atoms with Crippen LogP contribution in [0.5, 0.6) is 0 Å². The number of piperidine rings is 1. The van der Waals surface area contributed by atoms with Crippen LogP contribution in [-0.2, 0) is 4.74 Å². The van der Waals surface area contributed by atoms with Gasteiger partial charge in [0.05, 0.1) is 24.5 Å². The van der Waals surface area contributed by atoms with Gasteiger partial charge in [-0.25, -0.2) is 0 Å². The number of hydrogen-bond donors (Lipinski definition) is 2. The summed E-state index contributed by atoms with van der Waals surface area (Å²) >= 11 is 0. The van der Waals surface area contributed by atoms with E-state index in [-0.39, 0.29) is 0 Å². The van der Waals surface area contributed by atoms with Gasteiger partial charge in [-0.1, -0.05) is 12.2 Å². The van der Waals surface area contributed by atoms with Crippen molar-refractivity contribution >= 4 is 28.4 Å². The van der Waals surface area contributed by atoms with Crippen LogP contribution < -0.4 is 5.32 Å². The highest BCUT2D eigenvalue weighted by Gasteiger charge is 2.25. The number of nitrogens with one attached hydrogen (secondary N) is 2. The molecule has 35 heavy (non-hydrogen) atoms. The summed E-state index contributed by atoms with van der Waals surface area (Å²) in [6.07, 6.45) is 13.2. The molecule has 182 valence electrons. The van der Waals surface area contributed by atoms with Crippen molar-refractivity contribution in [2.75, 3.05) is 51.3 Å². The smallest absolute Gasteiger partial charge is 0.103 e. The molecule has 0 atom stereocenters. The minimum Gasteiger partial charge on any atom is -0.379 e. The van der Waals surface area contributed by atoms with Crippen molar-refractivity contribution in [3.63, 3.8) is 0 Å². The second-order valence-corrected chi connectivity index (χ2v) is 9.48. The summed E-state index contributed by atoms with van der Waals surface area (Å²) in [6.45, 7) is 9.40. The Morgan fingerprint density at radius 3 is 2.80 bits per heavy atom. The van der Waals surface area contributed by atoms with Gasteiger partial charge in [-0.15, -0.1) is 0 Å². The maximum Gasteiger partial charge on any atom is 0.103 e. The summed E-state index contributed by atoms with van der Waals surface area (Å²) in [5.41, 5.74) is 5.55. The van der Waals surface area contributed by atoms with Gasteiger partial charge >= 0.3 is 0 Å². The molecule has 4 heterocycles. The average molecular weight is 471 g/mol. The number of pyridine rings is 1. The molecule has 1 aromatic carbocycles. The second kappa shape index (κ2) is 11.0. The van der Waals surface area contributed by atoms with Crippen LogP contribution in [0.4, 0.5) is 11.4 Å². The van der Waals surface area contributed by atoms with Crippen molar-refractivity contribution in [3.05, 3.63) is 59.6 Å². The molecule has 0 unspecified atom stereocenters. The van der Waals surface area contributed by atoms with Gasteiger partial charge in [0.15, 0.2) is 0 Å². The van der Waals surface area contributed by atoms with E-state index in [1.54, 1.807) is 6.20 Å². The van der Waals surface area contributed by atoms with E-state index in [1.807, 2.05) is 12.4 Å². The number of anilines is 2. The molecular weight excluding hydrogens is 436 g/mol. The third-order valence-corrected chi connectivity index (χ3v) is 7.39. The minimum atomic E-state index is 0.547. The van der Waals surface area contributed by atoms with E-state index in [4.69, 9.17) is 4.74 Å². The van der Waals surface area contributed by atoms with Gasteiger partial charge in [0, 0.05) is 66.4 Å². The molecule has 0 bridgehead atoms. The molecule has 2 aliphatic rings. The van der Waals surface area contributed by atoms with Crippen LogP contribution in [0.2, 0.25) is 0 Å². The largest absolute Gasteiger partial charge is 0.379 e. The molecule has 7 nitrogen and oxygen atoms in total. The Balaban J connectivity index is 1.21. The zero-order valence-corrected chi connectivity index (χ0v) is 20.5. The first-order chi connectivity index (χ1) is 17.2. The molecular formula is C28H34N6O. The van der Waals surface area contributed by atoms with Crippen LogP contribution >= 0.6 is 0 Å². The van der Waals surface area contributed by atoms with Crippen molar-refractivity contribution in [2.24, 2.45) is 0 Å². The number of benzene rings is 1. The van der Waals surface area contributed by atoms with Crippen molar-refractivity contribution in [2.45, 2.75) is 32.2 Å². The zero-order valence-electron chi connectivity index (χ0n) is 20.5. The van der Waals surface area contributed by atoms with Crippen molar-refractivity contribution in [1.29, 1.82) is 5.26 Å². The minimum absolute atomic E-state index is 0.547. The van der Waals surface area contributed by atoms with Crippen LogP contribution in [0, 0.1) is 18.3 Å². The van der Waals surface area contributed by atoms with E-state index < -0.39 is 0 Å². The van der Waals surface area contributed by atoms with Crippen LogP contribution in [-0.4, -0.2) is 71.7 Å². The van der Waals surface area contributed by atoms with E-state index in [1.165, 1.54) is 18.2 Å². The molecule has 7 heteroatoms. The van der Waals surface area contributed by atoms with Gasteiger partial charge < -0.3 is 19.9 Å². The summed E-state index contributed by atoms with van der Waals surface area (Å²) in [5.74, 6) is 0. The first-order valence-electron chi connectivity index (χ1n) is 12.7. The number of fused-ring (bicyclic) bond motifs is 1. The Morgan fingerprint density at radius 1 is 1.17 bits per heavy atom. The molecule has 3 aromatic rings. The number of nitrogens with zero attached hydrogens (tertiary/aromatic N) is 4. The Hall–Kier alpha value is -3.18. The number of hydrogen-bond acceptors (Lipinski definition) is 6. The normalized spacial score (nSPS) is 18.3. The number of morpholine rings is 1. The summed E-state index contributed by atoms with van der Waals surface area (Å²) in [5, 5.41) is 14.4. The van der Waals surface area contributed by atoms with E-state index in [9.17, 15) is 5.26 Å². The van der Waals surface area contributed by atoms with Gasteiger partial charge in [-0.05, 0) is 63.0 Å². The van der Waals surface area contributed by atoms with Crippen LogP contribution in [0.25, 0.3) is 17.0 Å². The lowest BCUT2D eigenvalue weighted by Crippen LogP contribution is -2.49. The highest BCUT2D eigenvalue weighted by atomic mass is 16.5. The Bertz CT molecular complexity index is 1210. The summed E-state index contributed by atoms with van der Waals surface area (Å²) in [4.78, 5) is 12.7. The molecule has 2 aromatic heterocycles. The molecule has 2 fully saturated rings. The maximum absolute atomic E-state index is 9.71. The Kier molecular flexibility index (Phi) is 7.43. The number of likely N-dealkylation sites (tertiary alicyclic amines) is 1. The number of nitriles is 1. The molecule has 0 saturated carbocycles. The third-order valence-electron chi connectivity index (χ3n) is 7.39. The Labute approximate surface area is 207 Å². The number of aromatic amines is 1. The van der Waals surface area contributed by atoms with Crippen LogP contribution in [0.1, 0.15) is 36.0 Å². The number of ether oxygens (including phenoxy) is 1. The fourth-order valence-electron chi connectivity index (χ4n) is 5.30. The monoisotopic (exact) mass is 470 g/mol. The SMILES string of the molecule is Cc1c(Nc2c(C#N)cncc2C=CCCN2CCC(N3CCOCC3)CC2)ccc2[nH]ccc12. The van der Waals surface area contributed by atoms with Gasteiger partial charge in [-0.3, -0.25) is 9.88 Å². The predicted molar refractivity (Wildman–Crippen MR) is 141 cm³/mol. The van der Waals surface area contributed by atoms with E-state index in [0.717, 1.165) is 80.4 Å². The molecule has 0 radical (unpaired) electrons. The summed E-state index contributed by atoms with van der Waals surface area (Å²) in [7, 11) is 0. The molecule has 0 spiro atoms. The van der Waals surface area contributed by atoms with E-state index in [2.05, 4.69) is 68.4 Å². The molecule has 0 aliphatic carbocycles. The average Bonchev–Trinajstić information content (AvgIpc) is 3.39. The van der Waals surface area contributed by atoms with Gasteiger partial charge in [0.2, 0.25) is 0 Å². The van der Waals surface area contributed by atoms with Crippen molar-refractivity contribution < 1.29 is 4.74 Å². The first-order valence-corrected chi connectivity index (χ1v) is 12.7. The molecule has 2 aliphatic heterocycles. The lowest BCUT2D eigenvalue weighted by molar-refractivity contribution is 0.00106. The number of aryl methyl sites for hydroxylation is 1. The van der Waals surface area contributed by atoms with Crippen molar-refractivity contribution in [3.8, 4) is 6.07 Å². The van der Waals surface area contributed by atoms with Gasteiger partial charge in [-0.2, -0.15) is 5.26 Å². The second-order valence-electron chi connectivity index (χ2n) is 9.48. The summed E-state index contributed by atoms with van der Waals surface area (Å²) < 4.78 is 5.50. The molecule has 0 amide bonds. The highest BCUT2D eigenvalue weighted by Crippen LogP contribution is 2.31. The van der Waals surface area contributed by atoms with Crippen LogP contribution in [0.15, 0.2) is 42.9 Å². The van der Waals surface area contributed by atoms with Gasteiger partial charge in [0.1, 0.15) is 6.07 Å². The molecule has 5 rings (SSSR count). The lowest BCUT2D eigenvalue weighted by atomic mass is 10.0. The fourth-order valence-corrected chi connectivity index (χ4v) is 5.30. The maximum atomic E-state index is 9.71. The summed E-state index contributed by atoms with van der Waals surface area (Å²) in [6, 6.07) is 9.22. The van der Waals surface area contributed by atoms with E-state index in [0.29, 0.717) is 11.6 Å². The van der Waals surface area contributed by atoms with Crippen molar-refractivity contribution in [1.82, 2.24) is 19.8 Å². The van der Waals surface area contributed by atoms with Crippen LogP contribution in [0.3, 0.4) is 0 Å². The predicted octanol–water partition coefficient (Wildman–Crippen LogP) is 4.69. The molecule has 2 saturated heterocycles. The zero-order chi connectivity index (χ0) is 24.0. The molecule has 2 N–H and O–H groups in total. The fraction of sp³-hybridized carbons (Fsp3) is 0.429. The Morgan fingerprint density at radius 2 is 2.00 bits per heavy atom. The number of rotatable bonds is 7. The quantitative estimate of drug-likeness (QED) is 0.522. The third kappa shape index (κ3) is 5.40. The first kappa shape index (κ1) is 23.6. The lowest BCUT2D eigenvalue weighted by Gasteiger charge is -2.40. The standard InChI is InChI=1S/C28H34N6O/c1-21-25-7-10-31-27(25)6-5-26(21)32-28-22(19-30-20-23(28)18-29)4-2-3-11-33-12-8-24(9-13-33)34-14-16-35-17-15-34/h2,4-7,10,19-20,24,31H,3,8-9,11-17H2,1H3,(H,30,32). The highest BCUT2D eigenvalue weighted by molar-refractivity contribution is 5.89. The number of H-pyrrole nitrogens is 1.